The van der Waals surface area contributed by atoms with Crippen molar-refractivity contribution in [3.8, 4) is 0 Å². The normalized spacial score (nSPS) is 13.2. The van der Waals surface area contributed by atoms with Crippen molar-refractivity contribution in [3.05, 3.63) is 35.4 Å². The summed E-state index contributed by atoms with van der Waals surface area (Å²) in [5.74, 6) is -1.10. The number of hydrogen-bond acceptors (Lipinski definition) is 2. The molecule has 0 spiro atoms. The number of hydrogen-bond donors (Lipinski definition) is 0. The van der Waals surface area contributed by atoms with Crippen LogP contribution in [0.2, 0.25) is 0 Å². The zero-order chi connectivity index (χ0) is 12.3. The van der Waals surface area contributed by atoms with Gasteiger partial charge in [-0.25, -0.2) is 0 Å². The Morgan fingerprint density at radius 1 is 1.31 bits per heavy atom. The predicted octanol–water partition coefficient (Wildman–Crippen LogP) is 2.55. The molecule has 0 bridgehead atoms. The zero-order valence-electron chi connectivity index (χ0n) is 10.3. The van der Waals surface area contributed by atoms with Crippen LogP contribution in [0.3, 0.4) is 0 Å². The van der Waals surface area contributed by atoms with E-state index in [4.69, 9.17) is 12.6 Å². The standard InChI is InChI=1S/C13H17BO2/c1-9-7-5-6-8-10(9)11(14)12(15)16-13(2,3)4/h5-8,11H,1-4H3/t11-/m1/s1. The first-order valence-electron chi connectivity index (χ1n) is 5.35. The Bertz CT molecular complexity index is 380. The molecule has 0 aliphatic carbocycles. The van der Waals surface area contributed by atoms with Crippen molar-refractivity contribution < 1.29 is 9.53 Å². The second-order valence-corrected chi connectivity index (χ2v) is 4.87. The fourth-order valence-electron chi connectivity index (χ4n) is 1.43. The van der Waals surface area contributed by atoms with Crippen LogP contribution in [0, 0.1) is 6.92 Å². The molecular weight excluding hydrogens is 199 g/mol. The molecule has 0 saturated carbocycles. The van der Waals surface area contributed by atoms with Crippen LogP contribution >= 0.6 is 0 Å². The number of esters is 1. The number of carbonyl (C=O) groups is 1. The van der Waals surface area contributed by atoms with Crippen LogP contribution in [0.15, 0.2) is 24.3 Å². The molecule has 16 heavy (non-hydrogen) atoms. The maximum absolute atomic E-state index is 11.8. The van der Waals surface area contributed by atoms with E-state index in [2.05, 4.69) is 0 Å². The third kappa shape index (κ3) is 3.40. The van der Waals surface area contributed by atoms with Crippen molar-refractivity contribution in [1.29, 1.82) is 0 Å². The van der Waals surface area contributed by atoms with Crippen LogP contribution in [0.4, 0.5) is 0 Å². The Kier molecular flexibility index (Phi) is 3.79. The van der Waals surface area contributed by atoms with Gasteiger partial charge in [-0.2, -0.15) is 0 Å². The molecule has 0 saturated heterocycles. The molecule has 0 fully saturated rings. The summed E-state index contributed by atoms with van der Waals surface area (Å²) < 4.78 is 5.24. The van der Waals surface area contributed by atoms with Crippen molar-refractivity contribution in [1.82, 2.24) is 0 Å². The quantitative estimate of drug-likeness (QED) is 0.560. The molecule has 0 aliphatic rings. The molecule has 1 atom stereocenters. The lowest BCUT2D eigenvalue weighted by atomic mass is 9.79. The molecular formula is C13H17BO2. The maximum atomic E-state index is 11.8. The van der Waals surface area contributed by atoms with E-state index in [-0.39, 0.29) is 5.97 Å². The Balaban J connectivity index is 2.83. The first kappa shape index (κ1) is 12.8. The smallest absolute Gasteiger partial charge is 0.304 e. The van der Waals surface area contributed by atoms with E-state index < -0.39 is 11.4 Å². The van der Waals surface area contributed by atoms with Crippen LogP contribution in [0.5, 0.6) is 0 Å². The van der Waals surface area contributed by atoms with E-state index in [1.807, 2.05) is 52.0 Å². The molecule has 0 N–H and O–H groups in total. The monoisotopic (exact) mass is 216 g/mol. The van der Waals surface area contributed by atoms with Crippen molar-refractivity contribution in [3.63, 3.8) is 0 Å². The number of carbonyl (C=O) groups excluding carboxylic acids is 1. The second-order valence-electron chi connectivity index (χ2n) is 4.87. The van der Waals surface area contributed by atoms with Gasteiger partial charge in [0.2, 0.25) is 0 Å². The molecule has 1 aromatic carbocycles. The fraction of sp³-hybridized carbons (Fsp3) is 0.462. The predicted molar refractivity (Wildman–Crippen MR) is 65.5 cm³/mol. The minimum atomic E-state index is -0.708. The summed E-state index contributed by atoms with van der Waals surface area (Å²) in [6, 6.07) is 7.57. The van der Waals surface area contributed by atoms with Gasteiger partial charge in [0.1, 0.15) is 5.60 Å². The summed E-state index contributed by atoms with van der Waals surface area (Å²) in [7, 11) is 5.87. The summed E-state index contributed by atoms with van der Waals surface area (Å²) in [6.07, 6.45) is 0. The number of aryl methyl sites for hydroxylation is 1. The third-order valence-electron chi connectivity index (χ3n) is 2.18. The number of ether oxygens (including phenoxy) is 1. The Hall–Kier alpha value is -1.25. The molecule has 0 amide bonds. The van der Waals surface area contributed by atoms with E-state index >= 15 is 0 Å². The van der Waals surface area contributed by atoms with E-state index in [0.29, 0.717) is 0 Å². The van der Waals surface area contributed by atoms with E-state index in [1.54, 1.807) is 0 Å². The molecule has 0 unspecified atom stereocenters. The fourth-order valence-corrected chi connectivity index (χ4v) is 1.43. The highest BCUT2D eigenvalue weighted by Crippen LogP contribution is 2.20. The van der Waals surface area contributed by atoms with Crippen molar-refractivity contribution in [2.24, 2.45) is 0 Å². The molecule has 0 aromatic heterocycles. The third-order valence-corrected chi connectivity index (χ3v) is 2.18. The van der Waals surface area contributed by atoms with E-state index in [1.165, 1.54) is 0 Å². The van der Waals surface area contributed by atoms with Gasteiger partial charge in [-0.3, -0.25) is 4.79 Å². The summed E-state index contributed by atoms with van der Waals surface area (Å²) in [5, 5.41) is 0. The molecule has 1 rings (SSSR count). The molecule has 2 radical (unpaired) electrons. The minimum absolute atomic E-state index is 0.387. The summed E-state index contributed by atoms with van der Waals surface area (Å²) in [6.45, 7) is 7.42. The van der Waals surface area contributed by atoms with Crippen molar-refractivity contribution in [2.75, 3.05) is 0 Å². The first-order chi connectivity index (χ1) is 7.31. The second kappa shape index (κ2) is 4.73. The highest BCUT2D eigenvalue weighted by Gasteiger charge is 2.23. The van der Waals surface area contributed by atoms with Gasteiger partial charge in [0, 0.05) is 5.82 Å². The van der Waals surface area contributed by atoms with Gasteiger partial charge >= 0.3 is 5.97 Å². The largest absolute Gasteiger partial charge is 0.460 e. The molecule has 3 heteroatoms. The van der Waals surface area contributed by atoms with Crippen LogP contribution < -0.4 is 0 Å². The van der Waals surface area contributed by atoms with Crippen LogP contribution in [0.1, 0.15) is 37.7 Å². The molecule has 84 valence electrons. The van der Waals surface area contributed by atoms with Gasteiger partial charge in [0.15, 0.2) is 0 Å². The first-order valence-corrected chi connectivity index (χ1v) is 5.35. The van der Waals surface area contributed by atoms with Gasteiger partial charge in [-0.15, -0.1) is 0 Å². The minimum Gasteiger partial charge on any atom is -0.460 e. The highest BCUT2D eigenvalue weighted by molar-refractivity contribution is 6.23. The Labute approximate surface area is 98.4 Å². The van der Waals surface area contributed by atoms with Crippen molar-refractivity contribution >= 4 is 13.8 Å². The lowest BCUT2D eigenvalue weighted by Gasteiger charge is -2.23. The molecule has 2 nitrogen and oxygen atoms in total. The summed E-state index contributed by atoms with van der Waals surface area (Å²) in [5.41, 5.74) is 1.31. The Morgan fingerprint density at radius 2 is 1.88 bits per heavy atom. The van der Waals surface area contributed by atoms with Gasteiger partial charge in [0.25, 0.3) is 0 Å². The Morgan fingerprint density at radius 3 is 2.38 bits per heavy atom. The maximum Gasteiger partial charge on any atom is 0.304 e. The SMILES string of the molecule is [B][C@@H](C(=O)OC(C)(C)C)c1ccccc1C. The topological polar surface area (TPSA) is 26.3 Å². The van der Waals surface area contributed by atoms with Crippen LogP contribution in [-0.4, -0.2) is 19.4 Å². The van der Waals surface area contributed by atoms with Crippen LogP contribution in [-0.2, 0) is 9.53 Å². The summed E-state index contributed by atoms with van der Waals surface area (Å²) in [4.78, 5) is 11.8. The van der Waals surface area contributed by atoms with Crippen LogP contribution in [0.25, 0.3) is 0 Å². The van der Waals surface area contributed by atoms with Gasteiger partial charge in [-0.1, -0.05) is 24.3 Å². The molecule has 1 aromatic rings. The van der Waals surface area contributed by atoms with Gasteiger partial charge in [-0.05, 0) is 38.8 Å². The zero-order valence-corrected chi connectivity index (χ0v) is 10.3. The molecule has 0 aliphatic heterocycles. The lowest BCUT2D eigenvalue weighted by Crippen LogP contribution is -2.28. The molecule has 0 heterocycles. The summed E-state index contributed by atoms with van der Waals surface area (Å²) >= 11 is 0. The van der Waals surface area contributed by atoms with Gasteiger partial charge < -0.3 is 4.74 Å². The number of benzene rings is 1. The van der Waals surface area contributed by atoms with Gasteiger partial charge in [0.05, 0.1) is 7.85 Å². The van der Waals surface area contributed by atoms with E-state index in [0.717, 1.165) is 11.1 Å². The number of rotatable bonds is 2. The average molecular weight is 216 g/mol. The average Bonchev–Trinajstić information content (AvgIpc) is 2.15. The van der Waals surface area contributed by atoms with E-state index in [9.17, 15) is 4.79 Å². The highest BCUT2D eigenvalue weighted by atomic mass is 16.6. The lowest BCUT2D eigenvalue weighted by molar-refractivity contribution is -0.154. The van der Waals surface area contributed by atoms with Crippen molar-refractivity contribution in [2.45, 2.75) is 39.1 Å².